The first-order chi connectivity index (χ1) is 10.1. The van der Waals surface area contributed by atoms with Crippen molar-refractivity contribution in [2.75, 3.05) is 0 Å². The van der Waals surface area contributed by atoms with E-state index in [0.29, 0.717) is 34.3 Å². The number of aromatic amines is 1. The highest BCUT2D eigenvalue weighted by atomic mass is 35.5. The second-order valence-electron chi connectivity index (χ2n) is 5.45. The molecule has 21 heavy (non-hydrogen) atoms. The molecule has 2 N–H and O–H groups in total. The lowest BCUT2D eigenvalue weighted by molar-refractivity contribution is 0.480. The van der Waals surface area contributed by atoms with E-state index in [1.165, 1.54) is 19.3 Å². The molecule has 2 rings (SSSR count). The maximum absolute atomic E-state index is 12.0. The highest BCUT2D eigenvalue weighted by molar-refractivity contribution is 6.31. The van der Waals surface area contributed by atoms with Crippen molar-refractivity contribution in [2.45, 2.75) is 52.1 Å². The van der Waals surface area contributed by atoms with Gasteiger partial charge in [0.25, 0.3) is 5.56 Å². The van der Waals surface area contributed by atoms with Gasteiger partial charge >= 0.3 is 0 Å². The summed E-state index contributed by atoms with van der Waals surface area (Å²) in [4.78, 5) is 19.3. The van der Waals surface area contributed by atoms with Crippen LogP contribution in [-0.4, -0.2) is 16.0 Å². The molecule has 0 aliphatic rings. The summed E-state index contributed by atoms with van der Waals surface area (Å²) in [6.07, 6.45) is 4.85. The zero-order valence-corrected chi connectivity index (χ0v) is 13.3. The molecular formula is C16H22ClN3O. The van der Waals surface area contributed by atoms with Crippen molar-refractivity contribution in [3.05, 3.63) is 39.4 Å². The summed E-state index contributed by atoms with van der Waals surface area (Å²) in [6, 6.07) is 5.54. The van der Waals surface area contributed by atoms with Crippen LogP contribution in [0.2, 0.25) is 5.02 Å². The third kappa shape index (κ3) is 4.55. The van der Waals surface area contributed by atoms with Crippen LogP contribution >= 0.6 is 11.6 Å². The Labute approximate surface area is 129 Å². The number of H-pyrrole nitrogens is 1. The number of unbranched alkanes of at least 4 members (excludes halogenated alkanes) is 2. The number of halogens is 1. The summed E-state index contributed by atoms with van der Waals surface area (Å²) in [7, 11) is 0. The molecule has 0 saturated heterocycles. The van der Waals surface area contributed by atoms with Crippen molar-refractivity contribution in [3.8, 4) is 0 Å². The van der Waals surface area contributed by atoms with Crippen molar-refractivity contribution in [2.24, 2.45) is 0 Å². The number of nitrogens with zero attached hydrogens (tertiary/aromatic N) is 1. The van der Waals surface area contributed by atoms with Gasteiger partial charge in [-0.1, -0.05) is 37.8 Å². The molecule has 5 heteroatoms. The first-order valence-electron chi connectivity index (χ1n) is 7.52. The summed E-state index contributed by atoms with van der Waals surface area (Å²) >= 11 is 5.95. The number of aromatic nitrogens is 2. The highest BCUT2D eigenvalue weighted by Gasteiger charge is 2.06. The first-order valence-corrected chi connectivity index (χ1v) is 7.89. The molecular weight excluding hydrogens is 286 g/mol. The van der Waals surface area contributed by atoms with Crippen LogP contribution in [0.4, 0.5) is 0 Å². The Morgan fingerprint density at radius 3 is 2.95 bits per heavy atom. The maximum Gasteiger partial charge on any atom is 0.258 e. The molecule has 0 bridgehead atoms. The molecule has 0 aliphatic heterocycles. The Morgan fingerprint density at radius 1 is 1.38 bits per heavy atom. The van der Waals surface area contributed by atoms with Gasteiger partial charge in [0, 0.05) is 11.1 Å². The van der Waals surface area contributed by atoms with Crippen molar-refractivity contribution in [3.63, 3.8) is 0 Å². The van der Waals surface area contributed by atoms with Gasteiger partial charge < -0.3 is 10.3 Å². The minimum Gasteiger partial charge on any atom is -0.309 e. The molecule has 1 heterocycles. The summed E-state index contributed by atoms with van der Waals surface area (Å²) < 4.78 is 0. The molecule has 4 nitrogen and oxygen atoms in total. The molecule has 1 unspecified atom stereocenters. The summed E-state index contributed by atoms with van der Waals surface area (Å²) in [5.74, 6) is 0.650. The van der Waals surface area contributed by atoms with Gasteiger partial charge in [-0.25, -0.2) is 4.98 Å². The van der Waals surface area contributed by atoms with Crippen LogP contribution in [0, 0.1) is 0 Å². The lowest BCUT2D eigenvalue weighted by Crippen LogP contribution is -2.27. The predicted molar refractivity (Wildman–Crippen MR) is 87.8 cm³/mol. The fourth-order valence-electron chi connectivity index (χ4n) is 2.32. The molecule has 2 aromatic rings. The van der Waals surface area contributed by atoms with Crippen LogP contribution in [0.1, 0.15) is 45.4 Å². The van der Waals surface area contributed by atoms with Crippen molar-refractivity contribution in [1.82, 2.24) is 15.3 Å². The molecule has 0 amide bonds. The largest absolute Gasteiger partial charge is 0.309 e. The lowest BCUT2D eigenvalue weighted by Gasteiger charge is -2.13. The lowest BCUT2D eigenvalue weighted by atomic mass is 10.1. The van der Waals surface area contributed by atoms with Crippen LogP contribution in [0.3, 0.4) is 0 Å². The normalized spacial score (nSPS) is 12.7. The summed E-state index contributed by atoms with van der Waals surface area (Å²) in [5, 5.41) is 4.56. The molecule has 1 atom stereocenters. The Hall–Kier alpha value is -1.39. The number of fused-ring (bicyclic) bond motifs is 1. The van der Waals surface area contributed by atoms with E-state index in [9.17, 15) is 4.79 Å². The van der Waals surface area contributed by atoms with Gasteiger partial charge in [-0.3, -0.25) is 4.79 Å². The van der Waals surface area contributed by atoms with Gasteiger partial charge in [-0.2, -0.15) is 0 Å². The Kier molecular flexibility index (Phi) is 5.76. The fourth-order valence-corrected chi connectivity index (χ4v) is 2.48. The molecule has 0 spiro atoms. The van der Waals surface area contributed by atoms with E-state index in [4.69, 9.17) is 11.6 Å². The van der Waals surface area contributed by atoms with E-state index in [0.717, 1.165) is 6.42 Å². The summed E-state index contributed by atoms with van der Waals surface area (Å²) in [6.45, 7) is 4.92. The predicted octanol–water partition coefficient (Wildman–Crippen LogP) is 3.63. The van der Waals surface area contributed by atoms with E-state index in [2.05, 4.69) is 29.1 Å². The van der Waals surface area contributed by atoms with E-state index in [1.54, 1.807) is 18.2 Å². The van der Waals surface area contributed by atoms with Crippen molar-refractivity contribution >= 4 is 22.5 Å². The van der Waals surface area contributed by atoms with Gasteiger partial charge in [0.15, 0.2) is 0 Å². The third-order valence-electron chi connectivity index (χ3n) is 3.58. The van der Waals surface area contributed by atoms with Crippen LogP contribution in [0.15, 0.2) is 23.0 Å². The van der Waals surface area contributed by atoms with Crippen LogP contribution < -0.4 is 10.9 Å². The quantitative estimate of drug-likeness (QED) is 0.768. The van der Waals surface area contributed by atoms with Gasteiger partial charge in [0.1, 0.15) is 5.82 Å². The number of rotatable bonds is 7. The SMILES string of the molecule is CCCCCC(C)NCc1nc2cc(Cl)ccc2c(=O)[nH]1. The number of hydrogen-bond donors (Lipinski definition) is 2. The van der Waals surface area contributed by atoms with Crippen LogP contribution in [0.5, 0.6) is 0 Å². The first kappa shape index (κ1) is 16.0. The van der Waals surface area contributed by atoms with E-state index in [1.807, 2.05) is 0 Å². The molecule has 0 fully saturated rings. The monoisotopic (exact) mass is 307 g/mol. The van der Waals surface area contributed by atoms with Crippen molar-refractivity contribution in [1.29, 1.82) is 0 Å². The number of nitrogens with one attached hydrogen (secondary N) is 2. The molecule has 0 aliphatic carbocycles. The minimum absolute atomic E-state index is 0.118. The fraction of sp³-hybridized carbons (Fsp3) is 0.500. The zero-order valence-electron chi connectivity index (χ0n) is 12.6. The topological polar surface area (TPSA) is 57.8 Å². The van der Waals surface area contributed by atoms with Crippen LogP contribution in [-0.2, 0) is 6.54 Å². The molecule has 114 valence electrons. The Bertz CT molecular complexity index is 654. The van der Waals surface area contributed by atoms with Gasteiger partial charge in [0.2, 0.25) is 0 Å². The molecule has 0 radical (unpaired) electrons. The maximum atomic E-state index is 12.0. The van der Waals surface area contributed by atoms with Gasteiger partial charge in [-0.05, 0) is 31.5 Å². The Morgan fingerprint density at radius 2 is 2.19 bits per heavy atom. The average molecular weight is 308 g/mol. The summed E-state index contributed by atoms with van der Waals surface area (Å²) in [5.41, 5.74) is 0.522. The van der Waals surface area contributed by atoms with Gasteiger partial charge in [0.05, 0.1) is 17.4 Å². The average Bonchev–Trinajstić information content (AvgIpc) is 2.45. The highest BCUT2D eigenvalue weighted by Crippen LogP contribution is 2.14. The zero-order chi connectivity index (χ0) is 15.2. The number of hydrogen-bond acceptors (Lipinski definition) is 3. The molecule has 1 aromatic heterocycles. The second-order valence-corrected chi connectivity index (χ2v) is 5.89. The molecule has 0 saturated carbocycles. The standard InChI is InChI=1S/C16H22ClN3O/c1-3-4-5-6-11(2)18-10-15-19-14-9-12(17)7-8-13(14)16(21)20-15/h7-9,11,18H,3-6,10H2,1-2H3,(H,19,20,21). The molecule has 1 aromatic carbocycles. The van der Waals surface area contributed by atoms with Crippen LogP contribution in [0.25, 0.3) is 10.9 Å². The van der Waals surface area contributed by atoms with E-state index >= 15 is 0 Å². The van der Waals surface area contributed by atoms with E-state index in [-0.39, 0.29) is 5.56 Å². The smallest absolute Gasteiger partial charge is 0.258 e. The second kappa shape index (κ2) is 7.57. The Balaban J connectivity index is 2.04. The van der Waals surface area contributed by atoms with E-state index < -0.39 is 0 Å². The minimum atomic E-state index is -0.118. The van der Waals surface area contributed by atoms with Gasteiger partial charge in [-0.15, -0.1) is 0 Å². The van der Waals surface area contributed by atoms with Crippen molar-refractivity contribution < 1.29 is 0 Å². The third-order valence-corrected chi connectivity index (χ3v) is 3.81. The number of benzene rings is 1.